The molecule has 3 nitrogen and oxygen atoms in total. The van der Waals surface area contributed by atoms with Crippen LogP contribution in [0, 0.1) is 11.3 Å². The second kappa shape index (κ2) is 7.32. The van der Waals surface area contributed by atoms with Crippen LogP contribution in [0.2, 0.25) is 0 Å². The Hall–Kier alpha value is 0. The lowest BCUT2D eigenvalue weighted by molar-refractivity contribution is 0.407. The van der Waals surface area contributed by atoms with Gasteiger partial charge < -0.3 is 10.6 Å². The Morgan fingerprint density at radius 1 is 1.10 bits per heavy atom. The summed E-state index contributed by atoms with van der Waals surface area (Å²) in [4.78, 5) is 4.90. The molecule has 3 rings (SSSR count). The molecule has 116 valence electrons. The highest BCUT2D eigenvalue weighted by Gasteiger charge is 2.53. The lowest BCUT2D eigenvalue weighted by Gasteiger charge is -2.25. The van der Waals surface area contributed by atoms with Crippen molar-refractivity contribution >= 4 is 29.9 Å². The molecule has 3 saturated carbocycles. The van der Waals surface area contributed by atoms with Crippen LogP contribution in [0.25, 0.3) is 0 Å². The van der Waals surface area contributed by atoms with Gasteiger partial charge in [-0.15, -0.1) is 24.0 Å². The molecule has 0 heterocycles. The first kappa shape index (κ1) is 16.4. The van der Waals surface area contributed by atoms with Gasteiger partial charge in [0.2, 0.25) is 0 Å². The summed E-state index contributed by atoms with van der Waals surface area (Å²) in [5.74, 6) is 2.08. The number of hydrogen-bond donors (Lipinski definition) is 2. The Morgan fingerprint density at radius 3 is 2.35 bits per heavy atom. The van der Waals surface area contributed by atoms with E-state index in [4.69, 9.17) is 4.99 Å². The maximum absolute atomic E-state index is 4.90. The smallest absolute Gasteiger partial charge is 0.191 e. The lowest BCUT2D eigenvalue weighted by Crippen LogP contribution is -2.44. The molecule has 4 heteroatoms. The normalized spacial score (nSPS) is 25.8. The maximum Gasteiger partial charge on any atom is 0.191 e. The number of aliphatic imine (C=N–C) groups is 1. The summed E-state index contributed by atoms with van der Waals surface area (Å²) >= 11 is 0. The molecule has 0 aromatic carbocycles. The molecular formula is C16H30IN3. The minimum Gasteiger partial charge on any atom is -0.357 e. The maximum atomic E-state index is 4.90. The highest BCUT2D eigenvalue weighted by molar-refractivity contribution is 14.0. The second-order valence-electron chi connectivity index (χ2n) is 6.81. The van der Waals surface area contributed by atoms with Gasteiger partial charge in [-0.05, 0) is 56.8 Å². The van der Waals surface area contributed by atoms with Gasteiger partial charge in [-0.3, -0.25) is 4.99 Å². The molecule has 0 amide bonds. The van der Waals surface area contributed by atoms with Crippen LogP contribution in [-0.4, -0.2) is 25.1 Å². The van der Waals surface area contributed by atoms with Crippen LogP contribution in [0.1, 0.15) is 64.7 Å². The largest absolute Gasteiger partial charge is 0.357 e. The van der Waals surface area contributed by atoms with E-state index in [1.54, 1.807) is 0 Å². The summed E-state index contributed by atoms with van der Waals surface area (Å²) in [6.45, 7) is 4.18. The standard InChI is InChI=1S/C16H29N3.HI/c1-2-17-15(19-14-6-4-3-5-7-14)18-12-16(10-11-16)13-8-9-13;/h13-14H,2-12H2,1H3,(H2,17,18,19);1H. The number of halogens is 1. The monoisotopic (exact) mass is 391 g/mol. The molecule has 3 fully saturated rings. The Balaban J connectivity index is 0.00000147. The van der Waals surface area contributed by atoms with Crippen molar-refractivity contribution < 1.29 is 0 Å². The first-order chi connectivity index (χ1) is 9.32. The van der Waals surface area contributed by atoms with E-state index in [1.807, 2.05) is 0 Å². The van der Waals surface area contributed by atoms with Gasteiger partial charge in [0, 0.05) is 19.1 Å². The number of guanidine groups is 1. The lowest BCUT2D eigenvalue weighted by atomic mass is 9.96. The molecule has 20 heavy (non-hydrogen) atoms. The van der Waals surface area contributed by atoms with E-state index in [0.29, 0.717) is 11.5 Å². The van der Waals surface area contributed by atoms with Gasteiger partial charge >= 0.3 is 0 Å². The molecular weight excluding hydrogens is 361 g/mol. The molecule has 0 aromatic heterocycles. The zero-order valence-corrected chi connectivity index (χ0v) is 15.1. The van der Waals surface area contributed by atoms with Gasteiger partial charge in [0.05, 0.1) is 0 Å². The van der Waals surface area contributed by atoms with Gasteiger partial charge in [-0.25, -0.2) is 0 Å². The molecule has 0 saturated heterocycles. The molecule has 0 aliphatic heterocycles. The van der Waals surface area contributed by atoms with Crippen molar-refractivity contribution in [3.63, 3.8) is 0 Å². The van der Waals surface area contributed by atoms with Crippen LogP contribution in [0.5, 0.6) is 0 Å². The Morgan fingerprint density at radius 2 is 1.80 bits per heavy atom. The minimum atomic E-state index is 0. The van der Waals surface area contributed by atoms with Gasteiger partial charge in [0.1, 0.15) is 0 Å². The average molecular weight is 391 g/mol. The Labute approximate surface area is 140 Å². The highest BCUT2D eigenvalue weighted by Crippen LogP contribution is 2.61. The van der Waals surface area contributed by atoms with Crippen LogP contribution in [0.15, 0.2) is 4.99 Å². The van der Waals surface area contributed by atoms with E-state index in [0.717, 1.165) is 25.0 Å². The number of hydrogen-bond acceptors (Lipinski definition) is 1. The SMILES string of the molecule is CCNC(=NCC1(C2CC2)CC1)NC1CCCCC1.I. The van der Waals surface area contributed by atoms with Crippen molar-refractivity contribution in [1.82, 2.24) is 10.6 Å². The summed E-state index contributed by atoms with van der Waals surface area (Å²) in [6.07, 6.45) is 12.6. The first-order valence-electron chi connectivity index (χ1n) is 8.37. The Bertz CT molecular complexity index is 329. The third kappa shape index (κ3) is 4.25. The van der Waals surface area contributed by atoms with E-state index in [9.17, 15) is 0 Å². The average Bonchev–Trinajstić information content (AvgIpc) is 3.28. The van der Waals surface area contributed by atoms with Crippen molar-refractivity contribution in [2.45, 2.75) is 70.8 Å². The summed E-state index contributed by atoms with van der Waals surface area (Å²) in [7, 11) is 0. The molecule has 0 aromatic rings. The van der Waals surface area contributed by atoms with Crippen LogP contribution >= 0.6 is 24.0 Å². The van der Waals surface area contributed by atoms with Crippen LogP contribution in [-0.2, 0) is 0 Å². The fourth-order valence-corrected chi connectivity index (χ4v) is 3.55. The van der Waals surface area contributed by atoms with Gasteiger partial charge in [-0.2, -0.15) is 0 Å². The van der Waals surface area contributed by atoms with Crippen molar-refractivity contribution in [1.29, 1.82) is 0 Å². The zero-order chi connectivity index (χ0) is 13.1. The van der Waals surface area contributed by atoms with E-state index >= 15 is 0 Å². The summed E-state index contributed by atoms with van der Waals surface area (Å²) < 4.78 is 0. The van der Waals surface area contributed by atoms with E-state index in [-0.39, 0.29) is 24.0 Å². The van der Waals surface area contributed by atoms with Crippen LogP contribution in [0.4, 0.5) is 0 Å². The van der Waals surface area contributed by atoms with E-state index < -0.39 is 0 Å². The van der Waals surface area contributed by atoms with Crippen molar-refractivity contribution in [2.75, 3.05) is 13.1 Å². The minimum absolute atomic E-state index is 0. The highest BCUT2D eigenvalue weighted by atomic mass is 127. The quantitative estimate of drug-likeness (QED) is 0.426. The van der Waals surface area contributed by atoms with E-state index in [2.05, 4.69) is 17.6 Å². The summed E-state index contributed by atoms with van der Waals surface area (Å²) in [6, 6.07) is 0.655. The predicted molar refractivity (Wildman–Crippen MR) is 95.8 cm³/mol. The van der Waals surface area contributed by atoms with Gasteiger partial charge in [0.25, 0.3) is 0 Å². The van der Waals surface area contributed by atoms with Crippen LogP contribution in [0.3, 0.4) is 0 Å². The van der Waals surface area contributed by atoms with Gasteiger partial charge in [0.15, 0.2) is 5.96 Å². The zero-order valence-electron chi connectivity index (χ0n) is 12.8. The fraction of sp³-hybridized carbons (Fsp3) is 0.938. The van der Waals surface area contributed by atoms with Crippen molar-refractivity contribution in [3.8, 4) is 0 Å². The van der Waals surface area contributed by atoms with Crippen molar-refractivity contribution in [3.05, 3.63) is 0 Å². The second-order valence-corrected chi connectivity index (χ2v) is 6.81. The van der Waals surface area contributed by atoms with E-state index in [1.165, 1.54) is 57.8 Å². The fourth-order valence-electron chi connectivity index (χ4n) is 3.55. The third-order valence-electron chi connectivity index (χ3n) is 5.18. The Kier molecular flexibility index (Phi) is 5.99. The number of nitrogens with zero attached hydrogens (tertiary/aromatic N) is 1. The molecule has 0 bridgehead atoms. The molecule has 0 spiro atoms. The number of rotatable bonds is 5. The number of nitrogens with one attached hydrogen (secondary N) is 2. The molecule has 3 aliphatic rings. The predicted octanol–water partition coefficient (Wildman–Crippen LogP) is 3.68. The molecule has 2 N–H and O–H groups in total. The summed E-state index contributed by atoms with van der Waals surface area (Å²) in [5, 5.41) is 7.08. The third-order valence-corrected chi connectivity index (χ3v) is 5.18. The van der Waals surface area contributed by atoms with Gasteiger partial charge in [-0.1, -0.05) is 19.3 Å². The molecule has 0 radical (unpaired) electrons. The molecule has 0 unspecified atom stereocenters. The molecule has 3 aliphatic carbocycles. The van der Waals surface area contributed by atoms with Crippen LogP contribution < -0.4 is 10.6 Å². The molecule has 0 atom stereocenters. The topological polar surface area (TPSA) is 36.4 Å². The first-order valence-corrected chi connectivity index (χ1v) is 8.37. The van der Waals surface area contributed by atoms with Crippen molar-refractivity contribution in [2.24, 2.45) is 16.3 Å². The summed E-state index contributed by atoms with van der Waals surface area (Å²) in [5.41, 5.74) is 0.620.